The minimum Gasteiger partial charge on any atom is -0.309 e. The maximum atomic E-state index is 2.45. The lowest BCUT2D eigenvalue weighted by atomic mass is 9.94. The van der Waals surface area contributed by atoms with Gasteiger partial charge in [-0.05, 0) is 91.7 Å². The average molecular weight is 782 g/mol. The predicted molar refractivity (Wildman–Crippen MR) is 259 cm³/mol. The lowest BCUT2D eigenvalue weighted by Gasteiger charge is -2.30. The molecule has 0 fully saturated rings. The van der Waals surface area contributed by atoms with E-state index in [0.717, 1.165) is 28.2 Å². The van der Waals surface area contributed by atoms with Crippen molar-refractivity contribution in [3.05, 3.63) is 237 Å². The fourth-order valence-electron chi connectivity index (χ4n) is 8.80. The molecular weight excluding hydrogens is 743 g/mol. The first kappa shape index (κ1) is 35.6. The van der Waals surface area contributed by atoms with Crippen molar-refractivity contribution in [2.75, 3.05) is 4.90 Å². The van der Waals surface area contributed by atoms with Gasteiger partial charge in [0.2, 0.25) is 0 Å². The van der Waals surface area contributed by atoms with Gasteiger partial charge in [0, 0.05) is 37.0 Å². The summed E-state index contributed by atoms with van der Waals surface area (Å²) in [6.45, 7) is 0. The van der Waals surface area contributed by atoms with Crippen LogP contribution in [-0.4, -0.2) is 0 Å². The second-order valence-corrected chi connectivity index (χ2v) is 16.3. The summed E-state index contributed by atoms with van der Waals surface area (Å²) in [5.41, 5.74) is 15.3. The summed E-state index contributed by atoms with van der Waals surface area (Å²) in [7, 11) is 0. The molecule has 11 rings (SSSR count). The van der Waals surface area contributed by atoms with Crippen LogP contribution in [-0.2, 0) is 0 Å². The quantitative estimate of drug-likeness (QED) is 0.148. The molecule has 0 atom stereocenters. The van der Waals surface area contributed by atoms with Crippen LogP contribution in [0.1, 0.15) is 0 Å². The molecule has 11 aromatic rings. The van der Waals surface area contributed by atoms with Crippen molar-refractivity contribution >= 4 is 59.3 Å². The van der Waals surface area contributed by atoms with Crippen molar-refractivity contribution in [1.82, 2.24) is 0 Å². The lowest BCUT2D eigenvalue weighted by molar-refractivity contribution is 1.28. The molecule has 0 N–H and O–H groups in total. The maximum Gasteiger partial charge on any atom is 0.0540 e. The molecule has 1 heterocycles. The zero-order valence-corrected chi connectivity index (χ0v) is 33.7. The van der Waals surface area contributed by atoms with Crippen molar-refractivity contribution in [2.24, 2.45) is 0 Å². The standard InChI is InChI=1S/C58H39NS/c1-2-15-40(16-3-1)41-31-33-43(34-32-41)50-22-6-9-28-55(50)59(47-37-35-44(36-38-47)52-26-14-27-54-53-24-8-11-30-57(53)60-58(52)54)56-29-10-7-23-51(56)46-20-12-19-45(39-46)49-25-13-18-42-17-4-5-21-48(42)49/h1-39H. The van der Waals surface area contributed by atoms with Gasteiger partial charge in [0.1, 0.15) is 0 Å². The highest BCUT2D eigenvalue weighted by atomic mass is 32.1. The van der Waals surface area contributed by atoms with Crippen LogP contribution in [0.25, 0.3) is 86.6 Å². The molecule has 60 heavy (non-hydrogen) atoms. The summed E-state index contributed by atoms with van der Waals surface area (Å²) in [6, 6.07) is 86.1. The first-order chi connectivity index (χ1) is 29.8. The Labute approximate surface area is 354 Å². The minimum absolute atomic E-state index is 1.09. The molecule has 0 bridgehead atoms. The number of thiophene rings is 1. The minimum atomic E-state index is 1.09. The molecule has 0 saturated carbocycles. The molecule has 0 aliphatic rings. The van der Waals surface area contributed by atoms with Crippen LogP contribution in [0, 0.1) is 0 Å². The van der Waals surface area contributed by atoms with Gasteiger partial charge in [0.15, 0.2) is 0 Å². The Morgan fingerprint density at radius 1 is 0.283 bits per heavy atom. The first-order valence-corrected chi connectivity index (χ1v) is 21.3. The van der Waals surface area contributed by atoms with Crippen molar-refractivity contribution in [2.45, 2.75) is 0 Å². The van der Waals surface area contributed by atoms with E-state index in [-0.39, 0.29) is 0 Å². The summed E-state index contributed by atoms with van der Waals surface area (Å²) in [4.78, 5) is 2.45. The number of fused-ring (bicyclic) bond motifs is 4. The van der Waals surface area contributed by atoms with Crippen LogP contribution in [0.4, 0.5) is 17.1 Å². The molecule has 0 saturated heterocycles. The van der Waals surface area contributed by atoms with E-state index in [2.05, 4.69) is 241 Å². The van der Waals surface area contributed by atoms with Crippen LogP contribution >= 0.6 is 11.3 Å². The molecule has 0 unspecified atom stereocenters. The van der Waals surface area contributed by atoms with Gasteiger partial charge in [-0.2, -0.15) is 0 Å². The Balaban J connectivity index is 1.07. The molecule has 2 heteroatoms. The highest BCUT2D eigenvalue weighted by Gasteiger charge is 2.21. The number of hydrogen-bond acceptors (Lipinski definition) is 2. The van der Waals surface area contributed by atoms with Crippen LogP contribution in [0.5, 0.6) is 0 Å². The van der Waals surface area contributed by atoms with E-state index >= 15 is 0 Å². The zero-order valence-electron chi connectivity index (χ0n) is 32.9. The van der Waals surface area contributed by atoms with Crippen molar-refractivity contribution in [1.29, 1.82) is 0 Å². The Kier molecular flexibility index (Phi) is 9.11. The van der Waals surface area contributed by atoms with Gasteiger partial charge < -0.3 is 4.90 Å². The summed E-state index contributed by atoms with van der Waals surface area (Å²) in [5, 5.41) is 5.13. The topological polar surface area (TPSA) is 3.24 Å². The monoisotopic (exact) mass is 781 g/mol. The third kappa shape index (κ3) is 6.44. The average Bonchev–Trinajstić information content (AvgIpc) is 3.72. The van der Waals surface area contributed by atoms with E-state index in [4.69, 9.17) is 0 Å². The molecule has 0 amide bonds. The second-order valence-electron chi connectivity index (χ2n) is 15.2. The summed E-state index contributed by atoms with van der Waals surface area (Å²) in [6.07, 6.45) is 0. The lowest BCUT2D eigenvalue weighted by Crippen LogP contribution is -2.12. The fraction of sp³-hybridized carbons (Fsp3) is 0. The van der Waals surface area contributed by atoms with Gasteiger partial charge in [-0.25, -0.2) is 0 Å². The third-order valence-corrected chi connectivity index (χ3v) is 12.9. The SMILES string of the molecule is c1ccc(-c2ccc(-c3ccccc3N(c3ccc(-c4cccc5c4sc4ccccc45)cc3)c3ccccc3-c3cccc(-c4cccc5ccccc45)c3)cc2)cc1. The largest absolute Gasteiger partial charge is 0.309 e. The van der Waals surface area contributed by atoms with Gasteiger partial charge in [-0.3, -0.25) is 0 Å². The Morgan fingerprint density at radius 3 is 1.53 bits per heavy atom. The van der Waals surface area contributed by atoms with E-state index in [1.54, 1.807) is 0 Å². The zero-order chi connectivity index (χ0) is 39.8. The predicted octanol–water partition coefficient (Wildman–Crippen LogP) is 17.0. The Hall–Kier alpha value is -7.52. The van der Waals surface area contributed by atoms with Crippen LogP contribution in [0.15, 0.2) is 237 Å². The van der Waals surface area contributed by atoms with Crippen LogP contribution in [0.3, 0.4) is 0 Å². The van der Waals surface area contributed by atoms with Crippen LogP contribution < -0.4 is 4.90 Å². The maximum absolute atomic E-state index is 2.45. The Bertz CT molecular complexity index is 3300. The van der Waals surface area contributed by atoms with Gasteiger partial charge in [-0.1, -0.05) is 200 Å². The molecule has 10 aromatic carbocycles. The van der Waals surface area contributed by atoms with Gasteiger partial charge in [0.25, 0.3) is 0 Å². The smallest absolute Gasteiger partial charge is 0.0540 e. The van der Waals surface area contributed by atoms with E-state index in [1.807, 2.05) is 11.3 Å². The number of benzene rings is 10. The molecule has 1 aromatic heterocycles. The summed E-state index contributed by atoms with van der Waals surface area (Å²) < 4.78 is 2.64. The molecule has 0 radical (unpaired) electrons. The molecule has 282 valence electrons. The first-order valence-electron chi connectivity index (χ1n) is 20.5. The van der Waals surface area contributed by atoms with Gasteiger partial charge in [0.05, 0.1) is 11.4 Å². The molecule has 0 aliphatic carbocycles. The molecular formula is C58H39NS. The molecule has 0 aliphatic heterocycles. The van der Waals surface area contributed by atoms with Crippen molar-refractivity contribution in [3.63, 3.8) is 0 Å². The number of anilines is 3. The fourth-order valence-corrected chi connectivity index (χ4v) is 10.0. The van der Waals surface area contributed by atoms with Gasteiger partial charge in [-0.15, -0.1) is 11.3 Å². The number of rotatable bonds is 8. The molecule has 0 spiro atoms. The third-order valence-electron chi connectivity index (χ3n) is 11.7. The van der Waals surface area contributed by atoms with Crippen molar-refractivity contribution in [3.8, 4) is 55.6 Å². The van der Waals surface area contributed by atoms with E-state index < -0.39 is 0 Å². The molecule has 1 nitrogen and oxygen atoms in total. The highest BCUT2D eigenvalue weighted by molar-refractivity contribution is 7.26. The van der Waals surface area contributed by atoms with E-state index in [0.29, 0.717) is 0 Å². The number of para-hydroxylation sites is 2. The van der Waals surface area contributed by atoms with E-state index in [9.17, 15) is 0 Å². The summed E-state index contributed by atoms with van der Waals surface area (Å²) in [5.74, 6) is 0. The normalized spacial score (nSPS) is 11.3. The highest BCUT2D eigenvalue weighted by Crippen LogP contribution is 2.47. The number of hydrogen-bond donors (Lipinski definition) is 0. The van der Waals surface area contributed by atoms with E-state index in [1.165, 1.54) is 75.5 Å². The summed E-state index contributed by atoms with van der Waals surface area (Å²) >= 11 is 1.88. The van der Waals surface area contributed by atoms with Gasteiger partial charge >= 0.3 is 0 Å². The van der Waals surface area contributed by atoms with Crippen LogP contribution in [0.2, 0.25) is 0 Å². The number of nitrogens with zero attached hydrogens (tertiary/aromatic N) is 1. The Morgan fingerprint density at radius 2 is 0.750 bits per heavy atom. The van der Waals surface area contributed by atoms with Crippen molar-refractivity contribution < 1.29 is 0 Å². The second kappa shape index (κ2) is 15.3.